The summed E-state index contributed by atoms with van der Waals surface area (Å²) in [4.78, 5) is 12.2. The van der Waals surface area contributed by atoms with Gasteiger partial charge in [0, 0.05) is 22.5 Å². The molecule has 7 heteroatoms. The number of thioether (sulfide) groups is 1. The van der Waals surface area contributed by atoms with Crippen molar-refractivity contribution in [3.8, 4) is 17.2 Å². The van der Waals surface area contributed by atoms with Crippen molar-refractivity contribution in [2.24, 2.45) is 0 Å². The van der Waals surface area contributed by atoms with Gasteiger partial charge in [-0.25, -0.2) is 0 Å². The summed E-state index contributed by atoms with van der Waals surface area (Å²) in [5, 5.41) is 0.416. The second-order valence-electron chi connectivity index (χ2n) is 6.87. The van der Waals surface area contributed by atoms with Gasteiger partial charge in [-0.15, -0.1) is 11.8 Å². The van der Waals surface area contributed by atoms with Crippen molar-refractivity contribution in [1.29, 1.82) is 0 Å². The minimum Gasteiger partial charge on any atom is -0.493 e. The number of esters is 1. The Bertz CT molecular complexity index is 1080. The molecule has 5 nitrogen and oxygen atoms in total. The highest BCUT2D eigenvalue weighted by Crippen LogP contribution is 2.54. The predicted octanol–water partition coefficient (Wildman–Crippen LogP) is 5.59. The third kappa shape index (κ3) is 3.66. The molecule has 2 atom stereocenters. The molecule has 3 aromatic rings. The van der Waals surface area contributed by atoms with E-state index >= 15 is 0 Å². The summed E-state index contributed by atoms with van der Waals surface area (Å²) in [5.74, 6) is 1.08. The summed E-state index contributed by atoms with van der Waals surface area (Å²) in [5.41, 5.74) is 4.07. The Morgan fingerprint density at radius 3 is 2.63 bits per heavy atom. The Labute approximate surface area is 184 Å². The van der Waals surface area contributed by atoms with Gasteiger partial charge in [0.1, 0.15) is 0 Å². The third-order valence-corrected chi connectivity index (χ3v) is 6.99. The van der Waals surface area contributed by atoms with Crippen LogP contribution in [0.1, 0.15) is 33.7 Å². The summed E-state index contributed by atoms with van der Waals surface area (Å²) in [6.45, 7) is 0. The van der Waals surface area contributed by atoms with Crippen LogP contribution in [0.25, 0.3) is 5.69 Å². The Morgan fingerprint density at radius 2 is 1.90 bits per heavy atom. The van der Waals surface area contributed by atoms with E-state index in [1.807, 2.05) is 54.7 Å². The first kappa shape index (κ1) is 20.7. The minimum absolute atomic E-state index is 0.112. The zero-order valence-corrected chi connectivity index (χ0v) is 18.5. The van der Waals surface area contributed by atoms with Gasteiger partial charge in [0.15, 0.2) is 11.5 Å². The van der Waals surface area contributed by atoms with Crippen LogP contribution in [0.2, 0.25) is 5.02 Å². The van der Waals surface area contributed by atoms with E-state index in [-0.39, 0.29) is 22.9 Å². The van der Waals surface area contributed by atoms with E-state index < -0.39 is 0 Å². The van der Waals surface area contributed by atoms with Crippen molar-refractivity contribution in [3.05, 3.63) is 76.6 Å². The standard InChI is InChI=1S/C23H22ClNO4S/c1-27-19-8-4-6-15(22(19)29-3)23-16-12-14(24)9-10-17(16)25-11-5-7-18(25)20(30-23)13-21(26)28-2/h4-12,20,23H,13H2,1-3H3. The quantitative estimate of drug-likeness (QED) is 0.481. The van der Waals surface area contributed by atoms with Crippen LogP contribution in [0, 0.1) is 0 Å². The van der Waals surface area contributed by atoms with Crippen molar-refractivity contribution in [2.75, 3.05) is 21.3 Å². The SMILES string of the molecule is COC(=O)CC1SC(c2cccc(OC)c2OC)c2cc(Cl)ccc2-n2cccc21. The molecular formula is C23H22ClNO4S. The molecule has 2 heterocycles. The number of ether oxygens (including phenoxy) is 3. The molecule has 2 aromatic carbocycles. The van der Waals surface area contributed by atoms with E-state index in [4.69, 9.17) is 25.8 Å². The van der Waals surface area contributed by atoms with Gasteiger partial charge in [0.05, 0.1) is 43.9 Å². The number of methoxy groups -OCH3 is 3. The Morgan fingerprint density at radius 1 is 1.07 bits per heavy atom. The first-order valence-corrected chi connectivity index (χ1v) is 10.8. The maximum atomic E-state index is 12.2. The normalized spacial score (nSPS) is 17.5. The first-order chi connectivity index (χ1) is 14.6. The van der Waals surface area contributed by atoms with Gasteiger partial charge in [0.25, 0.3) is 0 Å². The van der Waals surface area contributed by atoms with Gasteiger partial charge in [-0.2, -0.15) is 0 Å². The van der Waals surface area contributed by atoms with Gasteiger partial charge in [0.2, 0.25) is 0 Å². The molecule has 0 N–H and O–H groups in total. The number of carbonyl (C=O) groups excluding carboxylic acids is 1. The van der Waals surface area contributed by atoms with Crippen LogP contribution < -0.4 is 9.47 Å². The smallest absolute Gasteiger partial charge is 0.307 e. The predicted molar refractivity (Wildman–Crippen MR) is 119 cm³/mol. The fourth-order valence-electron chi connectivity index (χ4n) is 3.88. The van der Waals surface area contributed by atoms with E-state index in [9.17, 15) is 4.79 Å². The maximum Gasteiger partial charge on any atom is 0.307 e. The lowest BCUT2D eigenvalue weighted by Crippen LogP contribution is -2.09. The van der Waals surface area contributed by atoms with Crippen LogP contribution in [0.5, 0.6) is 11.5 Å². The van der Waals surface area contributed by atoms with Gasteiger partial charge >= 0.3 is 5.97 Å². The zero-order valence-electron chi connectivity index (χ0n) is 16.9. The number of nitrogens with zero attached hydrogens (tertiary/aromatic N) is 1. The lowest BCUT2D eigenvalue weighted by atomic mass is 10.0. The van der Waals surface area contributed by atoms with Crippen LogP contribution in [0.4, 0.5) is 0 Å². The van der Waals surface area contributed by atoms with Crippen LogP contribution in [0.15, 0.2) is 54.7 Å². The van der Waals surface area contributed by atoms with Crippen LogP contribution >= 0.6 is 23.4 Å². The Hall–Kier alpha value is -2.57. The molecule has 2 unspecified atom stereocenters. The summed E-state index contributed by atoms with van der Waals surface area (Å²) in [6, 6.07) is 15.8. The monoisotopic (exact) mass is 443 g/mol. The number of carbonyl (C=O) groups is 1. The molecule has 1 aliphatic heterocycles. The molecule has 1 aromatic heterocycles. The van der Waals surface area contributed by atoms with Crippen LogP contribution in [0.3, 0.4) is 0 Å². The minimum atomic E-state index is -0.249. The third-order valence-electron chi connectivity index (χ3n) is 5.24. The van der Waals surface area contributed by atoms with E-state index in [1.54, 1.807) is 26.0 Å². The largest absolute Gasteiger partial charge is 0.493 e. The molecule has 0 radical (unpaired) electrons. The molecular weight excluding hydrogens is 422 g/mol. The molecule has 0 bridgehead atoms. The number of para-hydroxylation sites is 1. The van der Waals surface area contributed by atoms with Crippen molar-refractivity contribution >= 4 is 29.3 Å². The highest BCUT2D eigenvalue weighted by atomic mass is 35.5. The molecule has 0 spiro atoms. The van der Waals surface area contributed by atoms with Gasteiger partial charge in [-0.3, -0.25) is 4.79 Å². The van der Waals surface area contributed by atoms with Crippen LogP contribution in [-0.2, 0) is 9.53 Å². The second kappa shape index (κ2) is 8.66. The summed E-state index contributed by atoms with van der Waals surface area (Å²) in [6.07, 6.45) is 2.27. The number of aromatic nitrogens is 1. The Kier molecular flexibility index (Phi) is 5.97. The molecule has 156 valence electrons. The summed E-state index contributed by atoms with van der Waals surface area (Å²) >= 11 is 8.09. The number of hydrogen-bond acceptors (Lipinski definition) is 5. The lowest BCUT2D eigenvalue weighted by molar-refractivity contribution is -0.140. The lowest BCUT2D eigenvalue weighted by Gasteiger charge is -2.24. The number of halogens is 1. The molecule has 30 heavy (non-hydrogen) atoms. The molecule has 0 saturated carbocycles. The number of fused-ring (bicyclic) bond motifs is 3. The zero-order chi connectivity index (χ0) is 21.3. The van der Waals surface area contributed by atoms with Crippen molar-refractivity contribution in [1.82, 2.24) is 4.57 Å². The fourth-order valence-corrected chi connectivity index (χ4v) is 5.63. The topological polar surface area (TPSA) is 49.7 Å². The number of benzene rings is 2. The summed E-state index contributed by atoms with van der Waals surface area (Å²) < 4.78 is 18.4. The molecule has 0 saturated heterocycles. The molecule has 0 amide bonds. The van der Waals surface area contributed by atoms with Crippen LogP contribution in [-0.4, -0.2) is 31.9 Å². The maximum absolute atomic E-state index is 12.2. The van der Waals surface area contributed by atoms with Gasteiger partial charge in [-0.05, 0) is 42.0 Å². The van der Waals surface area contributed by atoms with Gasteiger partial charge in [-0.1, -0.05) is 23.7 Å². The van der Waals surface area contributed by atoms with Crippen molar-refractivity contribution < 1.29 is 19.0 Å². The first-order valence-electron chi connectivity index (χ1n) is 9.47. The average molecular weight is 444 g/mol. The van der Waals surface area contributed by atoms with E-state index in [2.05, 4.69) is 4.57 Å². The summed E-state index contributed by atoms with van der Waals surface area (Å²) in [7, 11) is 4.68. The number of hydrogen-bond donors (Lipinski definition) is 0. The average Bonchev–Trinajstić information content (AvgIpc) is 3.21. The Balaban J connectivity index is 1.93. The second-order valence-corrected chi connectivity index (χ2v) is 8.62. The number of rotatable bonds is 5. The molecule has 4 rings (SSSR count). The van der Waals surface area contributed by atoms with Crippen molar-refractivity contribution in [2.45, 2.75) is 16.9 Å². The van der Waals surface area contributed by atoms with E-state index in [0.29, 0.717) is 16.5 Å². The van der Waals surface area contributed by atoms with E-state index in [0.717, 1.165) is 22.5 Å². The highest BCUT2D eigenvalue weighted by Gasteiger charge is 2.33. The van der Waals surface area contributed by atoms with Gasteiger partial charge < -0.3 is 18.8 Å². The molecule has 0 fully saturated rings. The molecule has 1 aliphatic rings. The van der Waals surface area contributed by atoms with Crippen molar-refractivity contribution in [3.63, 3.8) is 0 Å². The van der Waals surface area contributed by atoms with E-state index in [1.165, 1.54) is 7.11 Å². The fraction of sp³-hybridized carbons (Fsp3) is 0.261. The highest BCUT2D eigenvalue weighted by molar-refractivity contribution is 8.00. The molecule has 0 aliphatic carbocycles.